The number of carboxylic acid groups (broad SMARTS) is 1. The van der Waals surface area contributed by atoms with Crippen molar-refractivity contribution >= 4 is 18.4 Å². The summed E-state index contributed by atoms with van der Waals surface area (Å²) in [7, 11) is 1.96. The molecule has 0 amide bonds. The van der Waals surface area contributed by atoms with E-state index in [9.17, 15) is 4.79 Å². The number of rotatable bonds is 3. The van der Waals surface area contributed by atoms with Gasteiger partial charge in [-0.1, -0.05) is 0 Å². The Balaban J connectivity index is 0.00000121. The van der Waals surface area contributed by atoms with Crippen LogP contribution in [0.3, 0.4) is 0 Å². The van der Waals surface area contributed by atoms with Crippen LogP contribution < -0.4 is 0 Å². The van der Waals surface area contributed by atoms with E-state index in [1.807, 2.05) is 29.2 Å². The maximum Gasteiger partial charge on any atom is 0.305 e. The maximum atomic E-state index is 10.2. The van der Waals surface area contributed by atoms with Crippen LogP contribution in [0.25, 0.3) is 0 Å². The van der Waals surface area contributed by atoms with Crippen molar-refractivity contribution in [3.8, 4) is 0 Å². The van der Waals surface area contributed by atoms with E-state index in [4.69, 9.17) is 5.11 Å². The smallest absolute Gasteiger partial charge is 0.305 e. The van der Waals surface area contributed by atoms with Crippen molar-refractivity contribution in [1.82, 2.24) is 9.80 Å². The molecule has 0 aromatic carbocycles. The fourth-order valence-corrected chi connectivity index (χ4v) is 0.973. The molecule has 0 bridgehead atoms. The summed E-state index contributed by atoms with van der Waals surface area (Å²) in [5.41, 5.74) is 0. The van der Waals surface area contributed by atoms with Crippen molar-refractivity contribution in [3.05, 3.63) is 12.4 Å². The summed E-state index contributed by atoms with van der Waals surface area (Å²) < 4.78 is 0. The van der Waals surface area contributed by atoms with Crippen molar-refractivity contribution in [1.29, 1.82) is 0 Å². The number of hydrogen-bond acceptors (Lipinski definition) is 3. The van der Waals surface area contributed by atoms with E-state index in [0.717, 1.165) is 6.67 Å². The Morgan fingerprint density at radius 3 is 2.67 bits per heavy atom. The molecular formula is C7H13ClN2O2. The third kappa shape index (κ3) is 3.48. The Hall–Kier alpha value is -0.900. The van der Waals surface area contributed by atoms with Gasteiger partial charge in [-0.15, -0.1) is 12.4 Å². The molecule has 0 spiro atoms. The van der Waals surface area contributed by atoms with Crippen LogP contribution in [0.1, 0.15) is 6.42 Å². The third-order valence-corrected chi connectivity index (χ3v) is 1.55. The molecule has 12 heavy (non-hydrogen) atoms. The normalized spacial score (nSPS) is 14.8. The van der Waals surface area contributed by atoms with Crippen molar-refractivity contribution < 1.29 is 9.90 Å². The molecule has 4 nitrogen and oxygen atoms in total. The molecule has 0 fully saturated rings. The van der Waals surface area contributed by atoms with E-state index in [0.29, 0.717) is 6.54 Å². The Morgan fingerprint density at radius 1 is 1.58 bits per heavy atom. The zero-order valence-corrected chi connectivity index (χ0v) is 7.75. The molecule has 0 aliphatic carbocycles. The zero-order chi connectivity index (χ0) is 8.27. The fourth-order valence-electron chi connectivity index (χ4n) is 0.973. The van der Waals surface area contributed by atoms with E-state index >= 15 is 0 Å². The van der Waals surface area contributed by atoms with Crippen LogP contribution in [0.15, 0.2) is 12.4 Å². The lowest BCUT2D eigenvalue weighted by atomic mass is 10.4. The second kappa shape index (κ2) is 4.87. The van der Waals surface area contributed by atoms with Crippen molar-refractivity contribution in [3.63, 3.8) is 0 Å². The number of aliphatic carboxylic acids is 1. The number of halogens is 1. The third-order valence-electron chi connectivity index (χ3n) is 1.55. The van der Waals surface area contributed by atoms with E-state index in [-0.39, 0.29) is 18.8 Å². The van der Waals surface area contributed by atoms with Crippen LogP contribution in [-0.2, 0) is 4.79 Å². The molecule has 1 heterocycles. The molecule has 0 aromatic rings. The molecule has 1 aliphatic rings. The van der Waals surface area contributed by atoms with Crippen LogP contribution in [0, 0.1) is 0 Å². The van der Waals surface area contributed by atoms with Crippen molar-refractivity contribution in [2.45, 2.75) is 6.42 Å². The molecular weight excluding hydrogens is 180 g/mol. The summed E-state index contributed by atoms with van der Waals surface area (Å²) in [5.74, 6) is -0.743. The fraction of sp³-hybridized carbons (Fsp3) is 0.571. The average Bonchev–Trinajstić information content (AvgIpc) is 2.31. The second-order valence-electron chi connectivity index (χ2n) is 2.65. The first-order valence-electron chi connectivity index (χ1n) is 3.53. The Morgan fingerprint density at radius 2 is 2.25 bits per heavy atom. The Kier molecular flexibility index (Phi) is 4.51. The molecule has 1 rings (SSSR count). The standard InChI is InChI=1S/C7H12N2O2.ClH/c1-8-4-5-9(6-8)3-2-7(10)11;/h4-5H,2-3,6H2,1H3,(H,10,11);1H. The average molecular weight is 193 g/mol. The molecule has 5 heteroatoms. The highest BCUT2D eigenvalue weighted by Gasteiger charge is 2.08. The molecule has 0 atom stereocenters. The largest absolute Gasteiger partial charge is 0.481 e. The van der Waals surface area contributed by atoms with Gasteiger partial charge in [0.05, 0.1) is 13.1 Å². The van der Waals surface area contributed by atoms with Gasteiger partial charge in [0, 0.05) is 26.0 Å². The first-order chi connectivity index (χ1) is 5.18. The van der Waals surface area contributed by atoms with Gasteiger partial charge in [-0.2, -0.15) is 0 Å². The minimum Gasteiger partial charge on any atom is -0.481 e. The van der Waals surface area contributed by atoms with Crippen LogP contribution in [0.5, 0.6) is 0 Å². The minimum atomic E-state index is -0.743. The van der Waals surface area contributed by atoms with Gasteiger partial charge in [-0.05, 0) is 0 Å². The number of carbonyl (C=O) groups is 1. The molecule has 0 aromatic heterocycles. The lowest BCUT2D eigenvalue weighted by Gasteiger charge is -2.16. The summed E-state index contributed by atoms with van der Waals surface area (Å²) in [5, 5.41) is 8.38. The van der Waals surface area contributed by atoms with Gasteiger partial charge in [0.1, 0.15) is 0 Å². The van der Waals surface area contributed by atoms with Gasteiger partial charge in [0.15, 0.2) is 0 Å². The van der Waals surface area contributed by atoms with Crippen LogP contribution in [0.4, 0.5) is 0 Å². The Bertz CT molecular complexity index is 184. The number of hydrogen-bond donors (Lipinski definition) is 1. The molecule has 0 radical (unpaired) electrons. The van der Waals surface area contributed by atoms with E-state index in [2.05, 4.69) is 0 Å². The molecule has 70 valence electrons. The van der Waals surface area contributed by atoms with Gasteiger partial charge < -0.3 is 14.9 Å². The maximum absolute atomic E-state index is 10.2. The summed E-state index contributed by atoms with van der Waals surface area (Å²) in [6.07, 6.45) is 4.04. The molecule has 1 N–H and O–H groups in total. The predicted octanol–water partition coefficient (Wildman–Crippen LogP) is 0.559. The van der Waals surface area contributed by atoms with Gasteiger partial charge in [0.2, 0.25) is 0 Å². The lowest BCUT2D eigenvalue weighted by molar-refractivity contribution is -0.137. The van der Waals surface area contributed by atoms with E-state index in [1.165, 1.54) is 0 Å². The molecule has 0 saturated carbocycles. The number of nitrogens with zero attached hydrogens (tertiary/aromatic N) is 2. The topological polar surface area (TPSA) is 43.8 Å². The highest BCUT2D eigenvalue weighted by molar-refractivity contribution is 5.85. The highest BCUT2D eigenvalue weighted by Crippen LogP contribution is 2.03. The van der Waals surface area contributed by atoms with Crippen LogP contribution >= 0.6 is 12.4 Å². The van der Waals surface area contributed by atoms with E-state index in [1.54, 1.807) is 0 Å². The Labute approximate surface area is 77.9 Å². The lowest BCUT2D eigenvalue weighted by Crippen LogP contribution is -2.24. The minimum absolute atomic E-state index is 0. The predicted molar refractivity (Wildman–Crippen MR) is 48.0 cm³/mol. The van der Waals surface area contributed by atoms with Crippen LogP contribution in [0.2, 0.25) is 0 Å². The van der Waals surface area contributed by atoms with Crippen molar-refractivity contribution in [2.24, 2.45) is 0 Å². The van der Waals surface area contributed by atoms with Crippen LogP contribution in [-0.4, -0.2) is 41.1 Å². The molecule has 0 saturated heterocycles. The van der Waals surface area contributed by atoms with Gasteiger partial charge in [0.25, 0.3) is 0 Å². The number of carboxylic acids is 1. The van der Waals surface area contributed by atoms with Crippen molar-refractivity contribution in [2.75, 3.05) is 20.3 Å². The van der Waals surface area contributed by atoms with E-state index < -0.39 is 5.97 Å². The van der Waals surface area contributed by atoms with Gasteiger partial charge >= 0.3 is 5.97 Å². The zero-order valence-electron chi connectivity index (χ0n) is 6.93. The first-order valence-corrected chi connectivity index (χ1v) is 3.53. The highest BCUT2D eigenvalue weighted by atomic mass is 35.5. The molecule has 0 unspecified atom stereocenters. The quantitative estimate of drug-likeness (QED) is 0.710. The SMILES string of the molecule is CN1C=CN(CCC(=O)O)C1.Cl. The summed E-state index contributed by atoms with van der Waals surface area (Å²) in [6, 6.07) is 0. The first kappa shape index (κ1) is 11.1. The summed E-state index contributed by atoms with van der Waals surface area (Å²) in [6.45, 7) is 1.39. The van der Waals surface area contributed by atoms with Gasteiger partial charge in [-0.25, -0.2) is 0 Å². The van der Waals surface area contributed by atoms with Gasteiger partial charge in [-0.3, -0.25) is 4.79 Å². The summed E-state index contributed by atoms with van der Waals surface area (Å²) >= 11 is 0. The second-order valence-corrected chi connectivity index (χ2v) is 2.65. The summed E-state index contributed by atoms with van der Waals surface area (Å²) in [4.78, 5) is 14.1. The molecule has 1 aliphatic heterocycles. The monoisotopic (exact) mass is 192 g/mol.